The molecular formula is C13H15ClN2O. The van der Waals surface area contributed by atoms with Crippen molar-refractivity contribution in [2.75, 3.05) is 0 Å². The molecule has 1 aromatic carbocycles. The van der Waals surface area contributed by atoms with Gasteiger partial charge in [0.15, 0.2) is 0 Å². The first-order chi connectivity index (χ1) is 8.20. The highest BCUT2D eigenvalue weighted by atomic mass is 35.5. The minimum Gasteiger partial charge on any atom is -0.302 e. The van der Waals surface area contributed by atoms with Gasteiger partial charge in [-0.1, -0.05) is 37.1 Å². The van der Waals surface area contributed by atoms with E-state index in [2.05, 4.69) is 17.1 Å². The van der Waals surface area contributed by atoms with Crippen molar-refractivity contribution in [3.8, 4) is 0 Å². The van der Waals surface area contributed by atoms with E-state index in [1.165, 1.54) is 0 Å². The van der Waals surface area contributed by atoms with E-state index in [0.29, 0.717) is 0 Å². The molecule has 0 aliphatic rings. The van der Waals surface area contributed by atoms with E-state index in [4.69, 9.17) is 11.6 Å². The number of rotatable bonds is 4. The molecule has 2 aromatic rings. The lowest BCUT2D eigenvalue weighted by molar-refractivity contribution is 0.895. The Labute approximate surface area is 105 Å². The highest BCUT2D eigenvalue weighted by molar-refractivity contribution is 6.30. The third-order valence-corrected chi connectivity index (χ3v) is 3.01. The maximum Gasteiger partial charge on any atom is 0.267 e. The molecule has 17 heavy (non-hydrogen) atoms. The van der Waals surface area contributed by atoms with E-state index in [9.17, 15) is 4.79 Å². The van der Waals surface area contributed by atoms with E-state index in [1.54, 1.807) is 0 Å². The molecule has 90 valence electrons. The number of aromatic nitrogens is 2. The summed E-state index contributed by atoms with van der Waals surface area (Å²) in [5, 5.41) is 6.33. The lowest BCUT2D eigenvalue weighted by Crippen LogP contribution is -2.06. The van der Waals surface area contributed by atoms with E-state index in [-0.39, 0.29) is 5.56 Å². The predicted molar refractivity (Wildman–Crippen MR) is 69.7 cm³/mol. The van der Waals surface area contributed by atoms with Gasteiger partial charge in [0.25, 0.3) is 5.56 Å². The number of aromatic amines is 2. The van der Waals surface area contributed by atoms with Crippen molar-refractivity contribution in [1.82, 2.24) is 10.2 Å². The summed E-state index contributed by atoms with van der Waals surface area (Å²) in [5.41, 5.74) is 2.97. The van der Waals surface area contributed by atoms with E-state index >= 15 is 0 Å². The van der Waals surface area contributed by atoms with Crippen LogP contribution in [-0.4, -0.2) is 10.2 Å². The van der Waals surface area contributed by atoms with Crippen LogP contribution in [0.3, 0.4) is 0 Å². The molecule has 0 saturated carbocycles. The quantitative estimate of drug-likeness (QED) is 0.861. The van der Waals surface area contributed by atoms with Gasteiger partial charge in [-0.2, -0.15) is 0 Å². The molecule has 3 nitrogen and oxygen atoms in total. The van der Waals surface area contributed by atoms with Gasteiger partial charge in [-0.15, -0.1) is 0 Å². The maximum absolute atomic E-state index is 11.6. The highest BCUT2D eigenvalue weighted by Crippen LogP contribution is 2.14. The average Bonchev–Trinajstić information content (AvgIpc) is 2.65. The maximum atomic E-state index is 11.6. The summed E-state index contributed by atoms with van der Waals surface area (Å²) in [6.45, 7) is 2.07. The molecule has 1 aromatic heterocycles. The molecule has 0 bridgehead atoms. The Morgan fingerprint density at radius 3 is 2.53 bits per heavy atom. The van der Waals surface area contributed by atoms with Crippen molar-refractivity contribution in [3.05, 3.63) is 56.5 Å². The Morgan fingerprint density at radius 1 is 1.18 bits per heavy atom. The van der Waals surface area contributed by atoms with Crippen LogP contribution in [0.1, 0.15) is 30.2 Å². The topological polar surface area (TPSA) is 48.6 Å². The van der Waals surface area contributed by atoms with Crippen LogP contribution >= 0.6 is 11.6 Å². The summed E-state index contributed by atoms with van der Waals surface area (Å²) in [4.78, 5) is 11.6. The Hall–Kier alpha value is -1.48. The lowest BCUT2D eigenvalue weighted by atomic mass is 10.0. The second-order valence-electron chi connectivity index (χ2n) is 4.09. The molecule has 4 heteroatoms. The fraction of sp³-hybridized carbons (Fsp3) is 0.308. The molecule has 0 amide bonds. The fourth-order valence-electron chi connectivity index (χ4n) is 1.89. The monoisotopic (exact) mass is 250 g/mol. The van der Waals surface area contributed by atoms with Gasteiger partial charge < -0.3 is 5.10 Å². The van der Waals surface area contributed by atoms with Crippen LogP contribution in [-0.2, 0) is 12.8 Å². The summed E-state index contributed by atoms with van der Waals surface area (Å²) >= 11 is 5.84. The smallest absolute Gasteiger partial charge is 0.267 e. The number of hydrogen-bond donors (Lipinski definition) is 2. The van der Waals surface area contributed by atoms with E-state index < -0.39 is 0 Å². The molecule has 2 rings (SSSR count). The molecule has 0 radical (unpaired) electrons. The van der Waals surface area contributed by atoms with Crippen LogP contribution in [0.25, 0.3) is 0 Å². The number of nitrogens with one attached hydrogen (secondary N) is 2. The van der Waals surface area contributed by atoms with Crippen LogP contribution in [0.2, 0.25) is 5.02 Å². The van der Waals surface area contributed by atoms with Gasteiger partial charge in [0, 0.05) is 22.7 Å². The van der Waals surface area contributed by atoms with Gasteiger partial charge in [-0.3, -0.25) is 9.89 Å². The Balaban J connectivity index is 2.23. The van der Waals surface area contributed by atoms with Gasteiger partial charge in [-0.25, -0.2) is 0 Å². The SMILES string of the molecule is CCCc1c(Cc2ccc(Cl)cc2)[nH][nH]c1=O. The summed E-state index contributed by atoms with van der Waals surface area (Å²) in [5.74, 6) is 0. The zero-order chi connectivity index (χ0) is 12.3. The molecule has 0 saturated heterocycles. The molecule has 0 aliphatic carbocycles. The van der Waals surface area contributed by atoms with Crippen LogP contribution < -0.4 is 5.56 Å². The van der Waals surface area contributed by atoms with Crippen molar-refractivity contribution < 1.29 is 0 Å². The zero-order valence-electron chi connectivity index (χ0n) is 9.72. The highest BCUT2D eigenvalue weighted by Gasteiger charge is 2.09. The van der Waals surface area contributed by atoms with Crippen molar-refractivity contribution >= 4 is 11.6 Å². The Kier molecular flexibility index (Phi) is 3.69. The molecule has 0 unspecified atom stereocenters. The Bertz CT molecular complexity index is 539. The predicted octanol–water partition coefficient (Wildman–Crippen LogP) is 2.90. The first-order valence-electron chi connectivity index (χ1n) is 5.73. The van der Waals surface area contributed by atoms with E-state index in [0.717, 1.165) is 41.1 Å². The number of hydrogen-bond acceptors (Lipinski definition) is 1. The fourth-order valence-corrected chi connectivity index (χ4v) is 2.02. The summed E-state index contributed by atoms with van der Waals surface area (Å²) in [6.07, 6.45) is 2.50. The lowest BCUT2D eigenvalue weighted by Gasteiger charge is -2.02. The van der Waals surface area contributed by atoms with Crippen molar-refractivity contribution in [2.24, 2.45) is 0 Å². The van der Waals surface area contributed by atoms with Gasteiger partial charge in [0.05, 0.1) is 0 Å². The van der Waals surface area contributed by atoms with Crippen molar-refractivity contribution in [1.29, 1.82) is 0 Å². The van der Waals surface area contributed by atoms with Gasteiger partial charge in [-0.05, 0) is 24.1 Å². The minimum absolute atomic E-state index is 0.00388. The van der Waals surface area contributed by atoms with Gasteiger partial charge in [0.1, 0.15) is 0 Å². The molecule has 0 aliphatic heterocycles. The largest absolute Gasteiger partial charge is 0.302 e. The van der Waals surface area contributed by atoms with Crippen LogP contribution in [0.5, 0.6) is 0 Å². The molecule has 2 N–H and O–H groups in total. The van der Waals surface area contributed by atoms with Gasteiger partial charge in [0.2, 0.25) is 0 Å². The average molecular weight is 251 g/mol. The number of H-pyrrole nitrogens is 2. The number of halogens is 1. The van der Waals surface area contributed by atoms with Crippen LogP contribution in [0.4, 0.5) is 0 Å². The summed E-state index contributed by atoms with van der Waals surface area (Å²) in [7, 11) is 0. The first-order valence-corrected chi connectivity index (χ1v) is 6.11. The van der Waals surface area contributed by atoms with Crippen molar-refractivity contribution in [3.63, 3.8) is 0 Å². The summed E-state index contributed by atoms with van der Waals surface area (Å²) < 4.78 is 0. The molecule has 0 fully saturated rings. The third-order valence-electron chi connectivity index (χ3n) is 2.76. The van der Waals surface area contributed by atoms with Gasteiger partial charge >= 0.3 is 0 Å². The first kappa shape index (κ1) is 12.0. The molecule has 1 heterocycles. The Morgan fingerprint density at radius 2 is 1.88 bits per heavy atom. The molecular weight excluding hydrogens is 236 g/mol. The van der Waals surface area contributed by atoms with Crippen LogP contribution in [0.15, 0.2) is 29.1 Å². The minimum atomic E-state index is -0.00388. The van der Waals surface area contributed by atoms with Crippen molar-refractivity contribution in [2.45, 2.75) is 26.2 Å². The third kappa shape index (κ3) is 2.80. The summed E-state index contributed by atoms with van der Waals surface area (Å²) in [6, 6.07) is 7.68. The second kappa shape index (κ2) is 5.23. The second-order valence-corrected chi connectivity index (χ2v) is 4.53. The van der Waals surface area contributed by atoms with Crippen LogP contribution in [0, 0.1) is 0 Å². The standard InChI is InChI=1S/C13H15ClN2O/c1-2-3-11-12(15-16-13(11)17)8-9-4-6-10(14)7-5-9/h4-7H,2-3,8H2,1H3,(H2,15,16,17). The zero-order valence-corrected chi connectivity index (χ0v) is 10.5. The number of benzene rings is 1. The van der Waals surface area contributed by atoms with E-state index in [1.807, 2.05) is 24.3 Å². The normalized spacial score (nSPS) is 10.7. The molecule has 0 atom stereocenters. The molecule has 0 spiro atoms.